The second-order valence-corrected chi connectivity index (χ2v) is 4.99. The van der Waals surface area contributed by atoms with Crippen LogP contribution in [0.1, 0.15) is 12.8 Å². The molecule has 2 aromatic carbocycles. The van der Waals surface area contributed by atoms with Gasteiger partial charge in [0, 0.05) is 18.3 Å². The first-order valence-corrected chi connectivity index (χ1v) is 7.34. The number of rotatable bonds is 6. The quantitative estimate of drug-likeness (QED) is 0.723. The fourth-order valence-corrected chi connectivity index (χ4v) is 1.99. The summed E-state index contributed by atoms with van der Waals surface area (Å²) < 4.78 is 11.0. The van der Waals surface area contributed by atoms with E-state index in [0.717, 1.165) is 5.69 Å². The van der Waals surface area contributed by atoms with E-state index in [1.54, 1.807) is 24.3 Å². The highest BCUT2D eigenvalue weighted by Crippen LogP contribution is 2.18. The second-order valence-electron chi connectivity index (χ2n) is 4.99. The zero-order chi connectivity index (χ0) is 16.8. The average Bonchev–Trinajstić information content (AvgIpc) is 3.02. The highest BCUT2D eigenvalue weighted by atomic mass is 16.5. The molecule has 122 valence electrons. The lowest BCUT2D eigenvalue weighted by molar-refractivity contribution is -0.114. The average molecular weight is 324 g/mol. The van der Waals surface area contributed by atoms with Crippen molar-refractivity contribution in [1.82, 2.24) is 10.2 Å². The standard InChI is InChI=1S/C17H16N4O3/c1-12(22)18-14-7-9-15(10-8-14)23-11-16-20-21-17(24-16)19-13-5-3-2-4-6-13/h2-10H,11H2,1H3,(H,18,22)(H,19,21). The molecule has 0 bridgehead atoms. The number of amides is 1. The summed E-state index contributed by atoms with van der Waals surface area (Å²) >= 11 is 0. The van der Waals surface area contributed by atoms with Crippen molar-refractivity contribution in [2.45, 2.75) is 13.5 Å². The number of nitrogens with zero attached hydrogens (tertiary/aromatic N) is 2. The number of benzene rings is 2. The molecule has 0 aliphatic carbocycles. The normalized spacial score (nSPS) is 10.2. The number of ether oxygens (including phenoxy) is 1. The number of para-hydroxylation sites is 1. The monoisotopic (exact) mass is 324 g/mol. The number of anilines is 3. The van der Waals surface area contributed by atoms with Gasteiger partial charge in [0.2, 0.25) is 5.91 Å². The van der Waals surface area contributed by atoms with Crippen molar-refractivity contribution in [3.63, 3.8) is 0 Å². The number of carbonyl (C=O) groups excluding carboxylic acids is 1. The molecule has 0 aliphatic rings. The van der Waals surface area contributed by atoms with Crippen LogP contribution in [0, 0.1) is 0 Å². The third-order valence-electron chi connectivity index (χ3n) is 3.03. The van der Waals surface area contributed by atoms with Crippen LogP contribution >= 0.6 is 0 Å². The molecule has 3 rings (SSSR count). The Kier molecular flexibility index (Phi) is 4.71. The van der Waals surface area contributed by atoms with Gasteiger partial charge in [-0.2, -0.15) is 0 Å². The van der Waals surface area contributed by atoms with Gasteiger partial charge in [0.15, 0.2) is 6.61 Å². The molecule has 24 heavy (non-hydrogen) atoms. The van der Waals surface area contributed by atoms with E-state index >= 15 is 0 Å². The molecule has 0 unspecified atom stereocenters. The summed E-state index contributed by atoms with van der Waals surface area (Å²) in [4.78, 5) is 11.0. The fraction of sp³-hybridized carbons (Fsp3) is 0.118. The number of hydrogen-bond donors (Lipinski definition) is 2. The van der Waals surface area contributed by atoms with Crippen LogP contribution in [0.2, 0.25) is 0 Å². The zero-order valence-electron chi connectivity index (χ0n) is 13.0. The van der Waals surface area contributed by atoms with Gasteiger partial charge in [0.1, 0.15) is 5.75 Å². The molecule has 7 nitrogen and oxygen atoms in total. The van der Waals surface area contributed by atoms with Gasteiger partial charge >= 0.3 is 6.01 Å². The Morgan fingerprint density at radius 2 is 1.79 bits per heavy atom. The third kappa shape index (κ3) is 4.33. The Labute approximate surface area is 138 Å². The Morgan fingerprint density at radius 3 is 2.50 bits per heavy atom. The van der Waals surface area contributed by atoms with Crippen molar-refractivity contribution in [3.05, 3.63) is 60.5 Å². The van der Waals surface area contributed by atoms with Crippen molar-refractivity contribution in [2.75, 3.05) is 10.6 Å². The first-order chi connectivity index (χ1) is 11.7. The van der Waals surface area contributed by atoms with Crippen molar-refractivity contribution >= 4 is 23.3 Å². The third-order valence-corrected chi connectivity index (χ3v) is 3.03. The second kappa shape index (κ2) is 7.28. The molecular formula is C17H16N4O3. The minimum Gasteiger partial charge on any atom is -0.484 e. The first kappa shape index (κ1) is 15.5. The van der Waals surface area contributed by atoms with Gasteiger partial charge < -0.3 is 19.8 Å². The van der Waals surface area contributed by atoms with Gasteiger partial charge in [-0.05, 0) is 36.4 Å². The zero-order valence-corrected chi connectivity index (χ0v) is 13.0. The number of nitrogens with one attached hydrogen (secondary N) is 2. The van der Waals surface area contributed by atoms with Crippen LogP contribution in [0.25, 0.3) is 0 Å². The minimum atomic E-state index is -0.118. The highest BCUT2D eigenvalue weighted by molar-refractivity contribution is 5.88. The molecule has 0 atom stereocenters. The Balaban J connectivity index is 1.54. The van der Waals surface area contributed by atoms with Crippen molar-refractivity contribution < 1.29 is 13.9 Å². The van der Waals surface area contributed by atoms with Crippen LogP contribution in [0.5, 0.6) is 5.75 Å². The largest absolute Gasteiger partial charge is 0.484 e. The van der Waals surface area contributed by atoms with E-state index < -0.39 is 0 Å². The maximum Gasteiger partial charge on any atom is 0.320 e. The number of carbonyl (C=O) groups is 1. The van der Waals surface area contributed by atoms with E-state index in [9.17, 15) is 4.79 Å². The van der Waals surface area contributed by atoms with Crippen LogP contribution in [0.4, 0.5) is 17.4 Å². The van der Waals surface area contributed by atoms with Crippen LogP contribution in [-0.2, 0) is 11.4 Å². The van der Waals surface area contributed by atoms with Crippen LogP contribution in [0.15, 0.2) is 59.0 Å². The summed E-state index contributed by atoms with van der Waals surface area (Å²) in [5.41, 5.74) is 1.57. The van der Waals surface area contributed by atoms with Gasteiger partial charge in [-0.1, -0.05) is 23.3 Å². The van der Waals surface area contributed by atoms with Crippen LogP contribution in [-0.4, -0.2) is 16.1 Å². The predicted octanol–water partition coefficient (Wildman–Crippen LogP) is 3.35. The maximum atomic E-state index is 11.0. The molecule has 0 saturated heterocycles. The van der Waals surface area contributed by atoms with E-state index in [1.807, 2.05) is 30.3 Å². The molecule has 1 heterocycles. The number of aromatic nitrogens is 2. The topological polar surface area (TPSA) is 89.3 Å². The highest BCUT2D eigenvalue weighted by Gasteiger charge is 2.07. The minimum absolute atomic E-state index is 0.118. The lowest BCUT2D eigenvalue weighted by Gasteiger charge is -2.05. The molecule has 1 aromatic heterocycles. The van der Waals surface area contributed by atoms with Crippen molar-refractivity contribution in [2.24, 2.45) is 0 Å². The fourth-order valence-electron chi connectivity index (χ4n) is 1.99. The van der Waals surface area contributed by atoms with Crippen molar-refractivity contribution in [3.8, 4) is 5.75 Å². The first-order valence-electron chi connectivity index (χ1n) is 7.34. The van der Waals surface area contributed by atoms with Crippen LogP contribution in [0.3, 0.4) is 0 Å². The molecule has 0 spiro atoms. The smallest absolute Gasteiger partial charge is 0.320 e. The van der Waals surface area contributed by atoms with Gasteiger partial charge in [-0.3, -0.25) is 4.79 Å². The molecule has 2 N–H and O–H groups in total. The van der Waals surface area contributed by atoms with Crippen molar-refractivity contribution in [1.29, 1.82) is 0 Å². The molecule has 0 fully saturated rings. The number of hydrogen-bond acceptors (Lipinski definition) is 6. The molecule has 3 aromatic rings. The van der Waals surface area contributed by atoms with E-state index in [0.29, 0.717) is 23.3 Å². The van der Waals surface area contributed by atoms with Gasteiger partial charge in [-0.15, -0.1) is 5.10 Å². The summed E-state index contributed by atoms with van der Waals surface area (Å²) in [5.74, 6) is 0.882. The van der Waals surface area contributed by atoms with E-state index in [-0.39, 0.29) is 12.5 Å². The lowest BCUT2D eigenvalue weighted by Crippen LogP contribution is -2.05. The van der Waals surface area contributed by atoms with E-state index in [1.165, 1.54) is 6.92 Å². The van der Waals surface area contributed by atoms with Gasteiger partial charge in [-0.25, -0.2) is 0 Å². The molecule has 0 saturated carbocycles. The van der Waals surface area contributed by atoms with E-state index in [4.69, 9.17) is 9.15 Å². The summed E-state index contributed by atoms with van der Waals surface area (Å²) in [6.07, 6.45) is 0. The lowest BCUT2D eigenvalue weighted by atomic mass is 10.3. The summed E-state index contributed by atoms with van der Waals surface area (Å²) in [6.45, 7) is 1.62. The Hall–Kier alpha value is -3.35. The SMILES string of the molecule is CC(=O)Nc1ccc(OCc2nnc(Nc3ccccc3)o2)cc1. The summed E-state index contributed by atoms with van der Waals surface area (Å²) in [7, 11) is 0. The van der Waals surface area contributed by atoms with Gasteiger partial charge in [0.25, 0.3) is 5.89 Å². The molecule has 7 heteroatoms. The predicted molar refractivity (Wildman–Crippen MR) is 89.1 cm³/mol. The molecule has 0 radical (unpaired) electrons. The molecular weight excluding hydrogens is 308 g/mol. The Morgan fingerprint density at radius 1 is 1.04 bits per heavy atom. The van der Waals surface area contributed by atoms with Gasteiger partial charge in [0.05, 0.1) is 0 Å². The van der Waals surface area contributed by atoms with Crippen LogP contribution < -0.4 is 15.4 Å². The maximum absolute atomic E-state index is 11.0. The summed E-state index contributed by atoms with van der Waals surface area (Å²) in [5, 5.41) is 13.5. The summed E-state index contributed by atoms with van der Waals surface area (Å²) in [6, 6.07) is 16.9. The molecule has 1 amide bonds. The Bertz CT molecular complexity index is 800. The van der Waals surface area contributed by atoms with E-state index in [2.05, 4.69) is 20.8 Å². The molecule has 0 aliphatic heterocycles.